The number of nitrogens with one attached hydrogen (secondary N) is 1. The Morgan fingerprint density at radius 1 is 1.29 bits per heavy atom. The van der Waals surface area contributed by atoms with Crippen LogP contribution in [0.25, 0.3) is 0 Å². The summed E-state index contributed by atoms with van der Waals surface area (Å²) >= 11 is 0. The van der Waals surface area contributed by atoms with Crippen LogP contribution in [-0.2, 0) is 0 Å². The molecule has 0 heterocycles. The normalized spacial score (nSPS) is 24.4. The summed E-state index contributed by atoms with van der Waals surface area (Å²) in [6.45, 7) is 4.45. The van der Waals surface area contributed by atoms with E-state index in [-0.39, 0.29) is 0 Å². The fourth-order valence-electron chi connectivity index (χ4n) is 2.77. The first-order valence-corrected chi connectivity index (χ1v) is 6.60. The van der Waals surface area contributed by atoms with Gasteiger partial charge in [0.1, 0.15) is 5.75 Å². The molecule has 1 N–H and O–H groups in total. The second-order valence-electron chi connectivity index (χ2n) is 5.30. The Morgan fingerprint density at radius 2 is 2.12 bits per heavy atom. The summed E-state index contributed by atoms with van der Waals surface area (Å²) in [6.07, 6.45) is 5.34. The highest BCUT2D eigenvalue weighted by Gasteiger charge is 2.18. The molecule has 1 fully saturated rings. The predicted octanol–water partition coefficient (Wildman–Crippen LogP) is 3.99. The molecule has 0 amide bonds. The Balaban J connectivity index is 2.00. The van der Waals surface area contributed by atoms with Gasteiger partial charge in [0.15, 0.2) is 0 Å². The first-order valence-electron chi connectivity index (χ1n) is 6.60. The standard InChI is InChI=1S/C15H23NO/c1-11-5-4-6-13(9-11)16-14-7-8-15(17-3)12(2)10-14/h7-8,10-11,13,16H,4-6,9H2,1-3H3. The van der Waals surface area contributed by atoms with Crippen LogP contribution in [0.15, 0.2) is 18.2 Å². The van der Waals surface area contributed by atoms with Gasteiger partial charge >= 0.3 is 0 Å². The molecule has 94 valence electrons. The highest BCUT2D eigenvalue weighted by Crippen LogP contribution is 2.28. The molecule has 17 heavy (non-hydrogen) atoms. The van der Waals surface area contributed by atoms with Crippen molar-refractivity contribution >= 4 is 5.69 Å². The third-order valence-electron chi connectivity index (χ3n) is 3.70. The van der Waals surface area contributed by atoms with E-state index < -0.39 is 0 Å². The summed E-state index contributed by atoms with van der Waals surface area (Å²) in [5.41, 5.74) is 2.42. The van der Waals surface area contributed by atoms with Crippen molar-refractivity contribution in [3.8, 4) is 5.75 Å². The minimum absolute atomic E-state index is 0.645. The number of hydrogen-bond donors (Lipinski definition) is 1. The molecule has 0 bridgehead atoms. The highest BCUT2D eigenvalue weighted by atomic mass is 16.5. The third-order valence-corrected chi connectivity index (χ3v) is 3.70. The molecule has 2 unspecified atom stereocenters. The van der Waals surface area contributed by atoms with Crippen molar-refractivity contribution in [3.63, 3.8) is 0 Å². The van der Waals surface area contributed by atoms with Crippen LogP contribution in [0.1, 0.15) is 38.2 Å². The Bertz CT molecular complexity index is 375. The van der Waals surface area contributed by atoms with Crippen molar-refractivity contribution < 1.29 is 4.74 Å². The molecule has 2 nitrogen and oxygen atoms in total. The largest absolute Gasteiger partial charge is 0.496 e. The minimum atomic E-state index is 0.645. The van der Waals surface area contributed by atoms with Gasteiger partial charge in [-0.05, 0) is 49.4 Å². The number of benzene rings is 1. The summed E-state index contributed by atoms with van der Waals surface area (Å²) in [7, 11) is 1.72. The Kier molecular flexibility index (Phi) is 3.93. The van der Waals surface area contributed by atoms with E-state index >= 15 is 0 Å². The van der Waals surface area contributed by atoms with E-state index in [1.807, 2.05) is 6.07 Å². The van der Waals surface area contributed by atoms with Crippen molar-refractivity contribution in [1.29, 1.82) is 0 Å². The maximum absolute atomic E-state index is 5.28. The number of anilines is 1. The molecule has 1 aromatic rings. The fraction of sp³-hybridized carbons (Fsp3) is 0.600. The summed E-state index contributed by atoms with van der Waals surface area (Å²) in [4.78, 5) is 0. The topological polar surface area (TPSA) is 21.3 Å². The van der Waals surface area contributed by atoms with Gasteiger partial charge in [-0.15, -0.1) is 0 Å². The van der Waals surface area contributed by atoms with Gasteiger partial charge < -0.3 is 10.1 Å². The van der Waals surface area contributed by atoms with Crippen LogP contribution in [0.2, 0.25) is 0 Å². The summed E-state index contributed by atoms with van der Waals surface area (Å²) < 4.78 is 5.28. The van der Waals surface area contributed by atoms with E-state index in [1.165, 1.54) is 36.9 Å². The Labute approximate surface area is 104 Å². The molecule has 1 aromatic carbocycles. The minimum Gasteiger partial charge on any atom is -0.496 e. The number of ether oxygens (including phenoxy) is 1. The van der Waals surface area contributed by atoms with Crippen molar-refractivity contribution in [2.75, 3.05) is 12.4 Å². The number of methoxy groups -OCH3 is 1. The predicted molar refractivity (Wildman–Crippen MR) is 72.8 cm³/mol. The second kappa shape index (κ2) is 5.44. The smallest absolute Gasteiger partial charge is 0.121 e. The van der Waals surface area contributed by atoms with Crippen molar-refractivity contribution in [2.24, 2.45) is 5.92 Å². The molecular weight excluding hydrogens is 210 g/mol. The number of hydrogen-bond acceptors (Lipinski definition) is 2. The van der Waals surface area contributed by atoms with Gasteiger partial charge in [-0.1, -0.05) is 19.8 Å². The van der Waals surface area contributed by atoms with E-state index in [9.17, 15) is 0 Å². The molecule has 2 rings (SSSR count). The molecule has 1 aliphatic carbocycles. The van der Waals surface area contributed by atoms with E-state index in [2.05, 4.69) is 31.3 Å². The average Bonchev–Trinajstić information content (AvgIpc) is 2.29. The third kappa shape index (κ3) is 3.15. The molecule has 2 atom stereocenters. The number of aryl methyl sites for hydroxylation is 1. The number of rotatable bonds is 3. The average molecular weight is 233 g/mol. The Morgan fingerprint density at radius 3 is 2.76 bits per heavy atom. The van der Waals surface area contributed by atoms with Gasteiger partial charge in [-0.3, -0.25) is 0 Å². The highest BCUT2D eigenvalue weighted by molar-refractivity contribution is 5.51. The quantitative estimate of drug-likeness (QED) is 0.852. The van der Waals surface area contributed by atoms with Crippen molar-refractivity contribution in [2.45, 2.75) is 45.6 Å². The van der Waals surface area contributed by atoms with Crippen molar-refractivity contribution in [3.05, 3.63) is 23.8 Å². The zero-order valence-corrected chi connectivity index (χ0v) is 11.1. The lowest BCUT2D eigenvalue weighted by molar-refractivity contribution is 0.358. The Hall–Kier alpha value is -1.18. The molecular formula is C15H23NO. The van der Waals surface area contributed by atoms with E-state index in [1.54, 1.807) is 7.11 Å². The van der Waals surface area contributed by atoms with Crippen LogP contribution in [0.4, 0.5) is 5.69 Å². The van der Waals surface area contributed by atoms with Crippen LogP contribution >= 0.6 is 0 Å². The van der Waals surface area contributed by atoms with Crippen LogP contribution in [0, 0.1) is 12.8 Å². The maximum Gasteiger partial charge on any atom is 0.121 e. The molecule has 0 aromatic heterocycles. The first kappa shape index (κ1) is 12.3. The van der Waals surface area contributed by atoms with Crippen molar-refractivity contribution in [1.82, 2.24) is 0 Å². The lowest BCUT2D eigenvalue weighted by atomic mass is 9.87. The molecule has 0 radical (unpaired) electrons. The van der Waals surface area contributed by atoms with E-state index in [0.717, 1.165) is 11.7 Å². The molecule has 2 heteroatoms. The molecule has 1 aliphatic rings. The van der Waals surface area contributed by atoms with Crippen LogP contribution in [-0.4, -0.2) is 13.2 Å². The van der Waals surface area contributed by atoms with E-state index in [4.69, 9.17) is 4.74 Å². The zero-order chi connectivity index (χ0) is 12.3. The lowest BCUT2D eigenvalue weighted by Gasteiger charge is -2.28. The monoisotopic (exact) mass is 233 g/mol. The van der Waals surface area contributed by atoms with Crippen LogP contribution in [0.5, 0.6) is 5.75 Å². The van der Waals surface area contributed by atoms with Gasteiger partial charge in [0.05, 0.1) is 7.11 Å². The zero-order valence-electron chi connectivity index (χ0n) is 11.1. The second-order valence-corrected chi connectivity index (χ2v) is 5.30. The van der Waals surface area contributed by atoms with E-state index in [0.29, 0.717) is 6.04 Å². The molecule has 0 spiro atoms. The van der Waals surface area contributed by atoms with Gasteiger partial charge in [0.25, 0.3) is 0 Å². The summed E-state index contributed by atoms with van der Waals surface area (Å²) in [5.74, 6) is 1.83. The summed E-state index contributed by atoms with van der Waals surface area (Å²) in [5, 5.41) is 3.65. The van der Waals surface area contributed by atoms with Gasteiger partial charge in [0, 0.05) is 11.7 Å². The molecule has 0 saturated heterocycles. The van der Waals surface area contributed by atoms with Crippen LogP contribution < -0.4 is 10.1 Å². The van der Waals surface area contributed by atoms with Gasteiger partial charge in [-0.25, -0.2) is 0 Å². The first-order chi connectivity index (χ1) is 8.19. The maximum atomic E-state index is 5.28. The summed E-state index contributed by atoms with van der Waals surface area (Å²) in [6, 6.07) is 6.99. The fourth-order valence-corrected chi connectivity index (χ4v) is 2.77. The SMILES string of the molecule is COc1ccc(NC2CCCC(C)C2)cc1C. The molecule has 0 aliphatic heterocycles. The molecule has 1 saturated carbocycles. The van der Waals surface area contributed by atoms with Crippen LogP contribution in [0.3, 0.4) is 0 Å². The van der Waals surface area contributed by atoms with Gasteiger partial charge in [0.2, 0.25) is 0 Å². The van der Waals surface area contributed by atoms with Gasteiger partial charge in [-0.2, -0.15) is 0 Å². The lowest BCUT2D eigenvalue weighted by Crippen LogP contribution is -2.26.